The number of nitrogens with zero attached hydrogens (tertiary/aromatic N) is 3. The SMILES string of the molecule is Cn1cc(CNC2(C)CCCCC2)nn1. The lowest BCUT2D eigenvalue weighted by molar-refractivity contribution is 0.251. The molecule has 1 aromatic rings. The molecule has 1 aliphatic carbocycles. The van der Waals surface area contributed by atoms with Crippen LogP contribution >= 0.6 is 0 Å². The molecule has 0 unspecified atom stereocenters. The maximum absolute atomic E-state index is 4.08. The highest BCUT2D eigenvalue weighted by atomic mass is 15.4. The van der Waals surface area contributed by atoms with E-state index in [9.17, 15) is 0 Å². The molecule has 1 aliphatic rings. The van der Waals surface area contributed by atoms with E-state index in [0.29, 0.717) is 5.54 Å². The van der Waals surface area contributed by atoms with E-state index in [1.54, 1.807) is 4.68 Å². The van der Waals surface area contributed by atoms with Gasteiger partial charge in [-0.15, -0.1) is 5.10 Å². The summed E-state index contributed by atoms with van der Waals surface area (Å²) < 4.78 is 1.75. The van der Waals surface area contributed by atoms with Gasteiger partial charge in [0.25, 0.3) is 0 Å². The van der Waals surface area contributed by atoms with Gasteiger partial charge in [-0.05, 0) is 19.8 Å². The molecular formula is C11H20N4. The summed E-state index contributed by atoms with van der Waals surface area (Å²) in [5.41, 5.74) is 1.35. The van der Waals surface area contributed by atoms with Crippen molar-refractivity contribution < 1.29 is 0 Å². The van der Waals surface area contributed by atoms with Gasteiger partial charge in [-0.2, -0.15) is 0 Å². The summed E-state index contributed by atoms with van der Waals surface area (Å²) in [6.45, 7) is 3.16. The molecule has 0 atom stereocenters. The summed E-state index contributed by atoms with van der Waals surface area (Å²) in [4.78, 5) is 0. The minimum absolute atomic E-state index is 0.315. The van der Waals surface area contributed by atoms with Crippen molar-refractivity contribution in [2.75, 3.05) is 0 Å². The molecular weight excluding hydrogens is 188 g/mol. The van der Waals surface area contributed by atoms with Crippen LogP contribution in [0.1, 0.15) is 44.7 Å². The van der Waals surface area contributed by atoms with Crippen LogP contribution in [0.15, 0.2) is 6.20 Å². The first-order valence-corrected chi connectivity index (χ1v) is 5.78. The van der Waals surface area contributed by atoms with Crippen LogP contribution in [-0.2, 0) is 13.6 Å². The zero-order chi connectivity index (χ0) is 10.7. The molecule has 0 spiro atoms. The Balaban J connectivity index is 1.86. The molecule has 4 heteroatoms. The fraction of sp³-hybridized carbons (Fsp3) is 0.818. The third-order valence-electron chi connectivity index (χ3n) is 3.30. The van der Waals surface area contributed by atoms with Gasteiger partial charge < -0.3 is 5.32 Å². The van der Waals surface area contributed by atoms with Crippen molar-refractivity contribution in [1.29, 1.82) is 0 Å². The molecule has 1 saturated carbocycles. The van der Waals surface area contributed by atoms with Gasteiger partial charge in [-0.1, -0.05) is 24.5 Å². The molecule has 0 aliphatic heterocycles. The number of aryl methyl sites for hydroxylation is 1. The third kappa shape index (κ3) is 2.78. The van der Waals surface area contributed by atoms with Gasteiger partial charge in [0, 0.05) is 25.3 Å². The highest BCUT2D eigenvalue weighted by molar-refractivity contribution is 4.95. The second-order valence-electron chi connectivity index (χ2n) is 4.86. The largest absolute Gasteiger partial charge is 0.306 e. The number of aromatic nitrogens is 3. The molecule has 0 saturated heterocycles. The highest BCUT2D eigenvalue weighted by Crippen LogP contribution is 2.27. The first-order chi connectivity index (χ1) is 7.18. The van der Waals surface area contributed by atoms with Gasteiger partial charge >= 0.3 is 0 Å². The van der Waals surface area contributed by atoms with E-state index in [1.807, 2.05) is 13.2 Å². The Morgan fingerprint density at radius 3 is 2.73 bits per heavy atom. The van der Waals surface area contributed by atoms with E-state index in [-0.39, 0.29) is 0 Å². The standard InChI is InChI=1S/C11H20N4/c1-11(6-4-3-5-7-11)12-8-10-9-15(2)14-13-10/h9,12H,3-8H2,1-2H3. The van der Waals surface area contributed by atoms with E-state index in [2.05, 4.69) is 22.6 Å². The van der Waals surface area contributed by atoms with Crippen molar-refractivity contribution in [1.82, 2.24) is 20.3 Å². The predicted octanol–water partition coefficient (Wildman–Crippen LogP) is 1.63. The maximum Gasteiger partial charge on any atom is 0.0964 e. The summed E-state index contributed by atoms with van der Waals surface area (Å²) in [6.07, 6.45) is 8.63. The van der Waals surface area contributed by atoms with Gasteiger partial charge in [0.2, 0.25) is 0 Å². The zero-order valence-electron chi connectivity index (χ0n) is 9.66. The molecule has 0 aromatic carbocycles. The Morgan fingerprint density at radius 2 is 2.13 bits per heavy atom. The fourth-order valence-corrected chi connectivity index (χ4v) is 2.29. The van der Waals surface area contributed by atoms with E-state index in [1.165, 1.54) is 32.1 Å². The Kier molecular flexibility index (Phi) is 3.05. The van der Waals surface area contributed by atoms with E-state index in [4.69, 9.17) is 0 Å². The summed E-state index contributed by atoms with van der Waals surface area (Å²) in [7, 11) is 1.90. The van der Waals surface area contributed by atoms with Crippen LogP contribution in [-0.4, -0.2) is 20.5 Å². The molecule has 2 rings (SSSR count). The lowest BCUT2D eigenvalue weighted by Crippen LogP contribution is -2.43. The average Bonchev–Trinajstić information content (AvgIpc) is 2.63. The van der Waals surface area contributed by atoms with Gasteiger partial charge in [-0.3, -0.25) is 4.68 Å². The zero-order valence-corrected chi connectivity index (χ0v) is 9.66. The third-order valence-corrected chi connectivity index (χ3v) is 3.30. The van der Waals surface area contributed by atoms with Crippen LogP contribution in [0.2, 0.25) is 0 Å². The van der Waals surface area contributed by atoms with Gasteiger partial charge in [0.1, 0.15) is 0 Å². The molecule has 1 N–H and O–H groups in total. The number of nitrogens with one attached hydrogen (secondary N) is 1. The molecule has 1 aromatic heterocycles. The quantitative estimate of drug-likeness (QED) is 0.821. The van der Waals surface area contributed by atoms with Crippen molar-refractivity contribution in [3.05, 3.63) is 11.9 Å². The smallest absolute Gasteiger partial charge is 0.0964 e. The molecule has 0 amide bonds. The maximum atomic E-state index is 4.08. The molecule has 0 radical (unpaired) electrons. The minimum Gasteiger partial charge on any atom is -0.306 e. The Hall–Kier alpha value is -0.900. The molecule has 4 nitrogen and oxygen atoms in total. The van der Waals surface area contributed by atoms with Crippen LogP contribution in [0.25, 0.3) is 0 Å². The summed E-state index contributed by atoms with van der Waals surface area (Å²) in [5, 5.41) is 11.6. The Morgan fingerprint density at radius 1 is 1.40 bits per heavy atom. The van der Waals surface area contributed by atoms with Crippen molar-refractivity contribution >= 4 is 0 Å². The average molecular weight is 208 g/mol. The van der Waals surface area contributed by atoms with Gasteiger partial charge in [0.05, 0.1) is 5.69 Å². The van der Waals surface area contributed by atoms with E-state index >= 15 is 0 Å². The number of rotatable bonds is 3. The molecule has 15 heavy (non-hydrogen) atoms. The molecule has 1 heterocycles. The predicted molar refractivity (Wildman–Crippen MR) is 59.3 cm³/mol. The van der Waals surface area contributed by atoms with Crippen LogP contribution in [0.5, 0.6) is 0 Å². The lowest BCUT2D eigenvalue weighted by atomic mass is 9.83. The fourth-order valence-electron chi connectivity index (χ4n) is 2.29. The first-order valence-electron chi connectivity index (χ1n) is 5.78. The van der Waals surface area contributed by atoms with Crippen LogP contribution < -0.4 is 5.32 Å². The van der Waals surface area contributed by atoms with Crippen LogP contribution in [0, 0.1) is 0 Å². The lowest BCUT2D eigenvalue weighted by Gasteiger charge is -2.34. The van der Waals surface area contributed by atoms with Crippen LogP contribution in [0.4, 0.5) is 0 Å². The molecule has 1 fully saturated rings. The van der Waals surface area contributed by atoms with Crippen molar-refractivity contribution in [3.8, 4) is 0 Å². The molecule has 0 bridgehead atoms. The molecule has 84 valence electrons. The summed E-state index contributed by atoms with van der Waals surface area (Å²) >= 11 is 0. The normalized spacial score (nSPS) is 20.4. The second kappa shape index (κ2) is 4.31. The van der Waals surface area contributed by atoms with Gasteiger partial charge in [-0.25, -0.2) is 0 Å². The van der Waals surface area contributed by atoms with Crippen molar-refractivity contribution in [2.45, 2.75) is 51.1 Å². The number of hydrogen-bond donors (Lipinski definition) is 1. The van der Waals surface area contributed by atoms with E-state index in [0.717, 1.165) is 12.2 Å². The Labute approximate surface area is 91.1 Å². The second-order valence-corrected chi connectivity index (χ2v) is 4.86. The monoisotopic (exact) mass is 208 g/mol. The minimum atomic E-state index is 0.315. The topological polar surface area (TPSA) is 42.7 Å². The van der Waals surface area contributed by atoms with Crippen molar-refractivity contribution in [2.24, 2.45) is 7.05 Å². The first kappa shape index (κ1) is 10.6. The van der Waals surface area contributed by atoms with E-state index < -0.39 is 0 Å². The van der Waals surface area contributed by atoms with Crippen molar-refractivity contribution in [3.63, 3.8) is 0 Å². The Bertz CT molecular complexity index is 312. The summed E-state index contributed by atoms with van der Waals surface area (Å²) in [6, 6.07) is 0. The van der Waals surface area contributed by atoms with Crippen LogP contribution in [0.3, 0.4) is 0 Å². The number of hydrogen-bond acceptors (Lipinski definition) is 3. The highest BCUT2D eigenvalue weighted by Gasteiger charge is 2.25. The van der Waals surface area contributed by atoms with Gasteiger partial charge in [0.15, 0.2) is 0 Å². The summed E-state index contributed by atoms with van der Waals surface area (Å²) in [5.74, 6) is 0.